The Hall–Kier alpha value is -0.910. The summed E-state index contributed by atoms with van der Waals surface area (Å²) in [5.41, 5.74) is -0.155. The minimum Gasteiger partial charge on any atom is -0.353 e. The molecule has 0 spiro atoms. The molecule has 1 aromatic heterocycles. The van der Waals surface area contributed by atoms with Gasteiger partial charge in [0.25, 0.3) is 0 Å². The Bertz CT molecular complexity index is 610. The lowest BCUT2D eigenvalue weighted by atomic mass is 9.70. The van der Waals surface area contributed by atoms with Crippen LogP contribution in [0.1, 0.15) is 62.7 Å². The Kier molecular flexibility index (Phi) is 6.74. The molecule has 4 nitrogen and oxygen atoms in total. The number of rotatable bonds is 5. The summed E-state index contributed by atoms with van der Waals surface area (Å²) in [6.07, 6.45) is 11.5. The van der Waals surface area contributed by atoms with E-state index in [1.165, 1.54) is 63.2 Å². The van der Waals surface area contributed by atoms with Crippen molar-refractivity contribution in [2.75, 3.05) is 33.2 Å². The number of carbonyl (C=O) groups excluding carboxylic acids is 1. The van der Waals surface area contributed by atoms with Crippen LogP contribution in [0, 0.1) is 5.41 Å². The lowest BCUT2D eigenvalue weighted by molar-refractivity contribution is -0.134. The standard InChI is InChI=1S/C23H37N3OS/c1-25-13-15-26(16-14-25)20-9-7-19(8-10-20)24-22(27)23(11-3-2-4-12-23)18-21-6-5-17-28-21/h5-6,17,19-20H,2-4,7-16,18H2,1H3,(H,24,27). The minimum absolute atomic E-state index is 0.155. The molecule has 3 aliphatic rings. The zero-order valence-electron chi connectivity index (χ0n) is 17.5. The average molecular weight is 404 g/mol. The maximum atomic E-state index is 13.4. The number of hydrogen-bond acceptors (Lipinski definition) is 4. The zero-order chi connectivity index (χ0) is 19.4. The summed E-state index contributed by atoms with van der Waals surface area (Å²) in [5, 5.41) is 5.65. The van der Waals surface area contributed by atoms with Crippen LogP contribution in [0.4, 0.5) is 0 Å². The molecule has 5 heteroatoms. The van der Waals surface area contributed by atoms with E-state index in [0.29, 0.717) is 11.9 Å². The molecule has 1 saturated heterocycles. The molecule has 1 aliphatic heterocycles. The molecule has 2 aliphatic carbocycles. The van der Waals surface area contributed by atoms with Crippen molar-refractivity contribution in [1.82, 2.24) is 15.1 Å². The predicted molar refractivity (Wildman–Crippen MR) is 117 cm³/mol. The zero-order valence-corrected chi connectivity index (χ0v) is 18.3. The Balaban J connectivity index is 1.31. The van der Waals surface area contributed by atoms with Gasteiger partial charge in [0.05, 0.1) is 5.41 Å². The van der Waals surface area contributed by atoms with Crippen LogP contribution in [0.3, 0.4) is 0 Å². The third-order valence-corrected chi connectivity index (χ3v) is 8.35. The van der Waals surface area contributed by atoms with Crippen LogP contribution >= 0.6 is 11.3 Å². The van der Waals surface area contributed by atoms with E-state index in [1.54, 1.807) is 11.3 Å². The van der Waals surface area contributed by atoms with E-state index in [2.05, 4.69) is 39.7 Å². The first-order valence-electron chi connectivity index (χ1n) is 11.4. The third kappa shape index (κ3) is 4.80. The molecule has 156 valence electrons. The van der Waals surface area contributed by atoms with Crippen LogP contribution in [-0.2, 0) is 11.2 Å². The monoisotopic (exact) mass is 403 g/mol. The molecule has 2 saturated carbocycles. The number of carbonyl (C=O) groups is 1. The first-order chi connectivity index (χ1) is 13.6. The molecule has 3 fully saturated rings. The minimum atomic E-state index is -0.155. The van der Waals surface area contributed by atoms with Crippen LogP contribution in [-0.4, -0.2) is 61.0 Å². The number of piperazine rings is 1. The van der Waals surface area contributed by atoms with Crippen LogP contribution in [0.15, 0.2) is 17.5 Å². The SMILES string of the molecule is CN1CCN(C2CCC(NC(=O)C3(Cc4cccs4)CCCCC3)CC2)CC1. The Morgan fingerprint density at radius 1 is 1.11 bits per heavy atom. The largest absolute Gasteiger partial charge is 0.353 e. The molecule has 1 amide bonds. The first kappa shape index (κ1) is 20.4. The quantitative estimate of drug-likeness (QED) is 0.809. The van der Waals surface area contributed by atoms with Gasteiger partial charge in [-0.05, 0) is 63.4 Å². The predicted octanol–water partition coefficient (Wildman–Crippen LogP) is 3.92. The Labute approximate surface area is 174 Å². The van der Waals surface area contributed by atoms with Gasteiger partial charge >= 0.3 is 0 Å². The summed E-state index contributed by atoms with van der Waals surface area (Å²) in [4.78, 5) is 19.9. The fraction of sp³-hybridized carbons (Fsp3) is 0.783. The lowest BCUT2D eigenvalue weighted by Gasteiger charge is -2.42. The smallest absolute Gasteiger partial charge is 0.226 e. The van der Waals surface area contributed by atoms with Crippen molar-refractivity contribution in [3.63, 3.8) is 0 Å². The summed E-state index contributed by atoms with van der Waals surface area (Å²) in [7, 11) is 2.22. The normalized spacial score (nSPS) is 29.5. The molecule has 0 atom stereocenters. The van der Waals surface area contributed by atoms with Crippen LogP contribution in [0.25, 0.3) is 0 Å². The molecule has 2 heterocycles. The maximum absolute atomic E-state index is 13.4. The Morgan fingerprint density at radius 2 is 1.82 bits per heavy atom. The molecule has 0 radical (unpaired) electrons. The molecule has 4 rings (SSSR count). The second kappa shape index (κ2) is 9.27. The fourth-order valence-corrected chi connectivity index (χ4v) is 6.42. The van der Waals surface area contributed by atoms with Crippen molar-refractivity contribution >= 4 is 17.2 Å². The van der Waals surface area contributed by atoms with Crippen molar-refractivity contribution in [3.05, 3.63) is 22.4 Å². The second-order valence-corrected chi connectivity index (χ2v) is 10.4. The summed E-state index contributed by atoms with van der Waals surface area (Å²) < 4.78 is 0. The molecule has 1 aromatic rings. The highest BCUT2D eigenvalue weighted by Gasteiger charge is 2.41. The van der Waals surface area contributed by atoms with Gasteiger partial charge in [0, 0.05) is 43.1 Å². The number of nitrogens with one attached hydrogen (secondary N) is 1. The van der Waals surface area contributed by atoms with E-state index >= 15 is 0 Å². The lowest BCUT2D eigenvalue weighted by Crippen LogP contribution is -2.52. The molecule has 0 aromatic carbocycles. The van der Waals surface area contributed by atoms with Crippen LogP contribution in [0.5, 0.6) is 0 Å². The van der Waals surface area contributed by atoms with Crippen molar-refractivity contribution in [3.8, 4) is 0 Å². The van der Waals surface area contributed by atoms with Crippen molar-refractivity contribution in [2.45, 2.75) is 76.3 Å². The molecule has 28 heavy (non-hydrogen) atoms. The molecular weight excluding hydrogens is 366 g/mol. The topological polar surface area (TPSA) is 35.6 Å². The highest BCUT2D eigenvalue weighted by Crippen LogP contribution is 2.41. The van der Waals surface area contributed by atoms with Gasteiger partial charge in [0.1, 0.15) is 0 Å². The molecule has 1 N–H and O–H groups in total. The third-order valence-electron chi connectivity index (χ3n) is 7.47. The van der Waals surface area contributed by atoms with E-state index in [9.17, 15) is 4.79 Å². The maximum Gasteiger partial charge on any atom is 0.226 e. The van der Waals surface area contributed by atoms with Crippen LogP contribution in [0.2, 0.25) is 0 Å². The number of nitrogens with zero attached hydrogens (tertiary/aromatic N) is 2. The summed E-state index contributed by atoms with van der Waals surface area (Å²) in [5.74, 6) is 0.351. The molecule has 0 unspecified atom stereocenters. The van der Waals surface area contributed by atoms with Gasteiger partial charge in [-0.2, -0.15) is 0 Å². The number of hydrogen-bond donors (Lipinski definition) is 1. The summed E-state index contributed by atoms with van der Waals surface area (Å²) >= 11 is 1.81. The van der Waals surface area contributed by atoms with Crippen molar-refractivity contribution < 1.29 is 4.79 Å². The van der Waals surface area contributed by atoms with Crippen molar-refractivity contribution in [1.29, 1.82) is 0 Å². The van der Waals surface area contributed by atoms with E-state index < -0.39 is 0 Å². The van der Waals surface area contributed by atoms with Crippen molar-refractivity contribution in [2.24, 2.45) is 5.41 Å². The van der Waals surface area contributed by atoms with Gasteiger partial charge in [-0.15, -0.1) is 11.3 Å². The van der Waals surface area contributed by atoms with Crippen LogP contribution < -0.4 is 5.32 Å². The van der Waals surface area contributed by atoms with E-state index in [0.717, 1.165) is 38.1 Å². The highest BCUT2D eigenvalue weighted by atomic mass is 32.1. The number of likely N-dealkylation sites (N-methyl/N-ethyl adjacent to an activating group) is 1. The van der Waals surface area contributed by atoms with E-state index in [4.69, 9.17) is 0 Å². The molecule has 0 bridgehead atoms. The van der Waals surface area contributed by atoms with Gasteiger partial charge in [-0.25, -0.2) is 0 Å². The fourth-order valence-electron chi connectivity index (χ4n) is 5.57. The number of amides is 1. The summed E-state index contributed by atoms with van der Waals surface area (Å²) in [6.45, 7) is 4.81. The number of thiophene rings is 1. The Morgan fingerprint density at radius 3 is 2.46 bits per heavy atom. The molecular formula is C23H37N3OS. The van der Waals surface area contributed by atoms with Gasteiger partial charge in [-0.1, -0.05) is 25.3 Å². The summed E-state index contributed by atoms with van der Waals surface area (Å²) in [6, 6.07) is 5.44. The highest BCUT2D eigenvalue weighted by molar-refractivity contribution is 7.09. The van der Waals surface area contributed by atoms with Gasteiger partial charge in [0.15, 0.2) is 0 Å². The van der Waals surface area contributed by atoms with Gasteiger partial charge in [0.2, 0.25) is 5.91 Å². The second-order valence-electron chi connectivity index (χ2n) is 9.42. The van der Waals surface area contributed by atoms with E-state index in [-0.39, 0.29) is 5.41 Å². The first-order valence-corrected chi connectivity index (χ1v) is 12.3. The van der Waals surface area contributed by atoms with Gasteiger partial charge in [-0.3, -0.25) is 9.69 Å². The van der Waals surface area contributed by atoms with Gasteiger partial charge < -0.3 is 10.2 Å². The van der Waals surface area contributed by atoms with E-state index in [1.807, 2.05) is 0 Å². The average Bonchev–Trinajstić information content (AvgIpc) is 3.23.